The third-order valence-corrected chi connectivity index (χ3v) is 6.76. The number of aromatic nitrogens is 3. The van der Waals surface area contributed by atoms with Gasteiger partial charge in [0, 0.05) is 28.9 Å². The van der Waals surface area contributed by atoms with Gasteiger partial charge in [-0.3, -0.25) is 9.48 Å². The number of hydrogen-bond acceptors (Lipinski definition) is 6. The van der Waals surface area contributed by atoms with Gasteiger partial charge in [-0.2, -0.15) is 5.10 Å². The average Bonchev–Trinajstić information content (AvgIpc) is 3.54. The summed E-state index contributed by atoms with van der Waals surface area (Å²) in [6.07, 6.45) is 1.96. The maximum absolute atomic E-state index is 12.4. The SMILES string of the molecule is COc1cccc([C@H]2O[C@H](CCn3cc(C(=O)O)cn3)c3ccc(C(N)=O)n3-c3ccc(Cl)cc32)c1OC. The first-order valence-electron chi connectivity index (χ1n) is 11.8. The molecule has 0 saturated carbocycles. The lowest BCUT2D eigenvalue weighted by atomic mass is 9.98. The second-order valence-electron chi connectivity index (χ2n) is 8.72. The molecular formula is C27H25ClN4O6. The highest BCUT2D eigenvalue weighted by molar-refractivity contribution is 6.30. The minimum Gasteiger partial charge on any atom is -0.493 e. The van der Waals surface area contributed by atoms with Crippen molar-refractivity contribution in [1.29, 1.82) is 0 Å². The van der Waals surface area contributed by atoms with Crippen LogP contribution in [0.3, 0.4) is 0 Å². The molecule has 4 aromatic rings. The number of aromatic carboxylic acids is 1. The molecule has 10 nitrogen and oxygen atoms in total. The van der Waals surface area contributed by atoms with Gasteiger partial charge in [-0.25, -0.2) is 4.79 Å². The molecule has 0 fully saturated rings. The van der Waals surface area contributed by atoms with E-state index in [1.165, 1.54) is 12.4 Å². The van der Waals surface area contributed by atoms with Crippen LogP contribution >= 0.6 is 11.6 Å². The minimum absolute atomic E-state index is 0.0900. The van der Waals surface area contributed by atoms with Crippen LogP contribution in [0, 0.1) is 0 Å². The zero-order valence-electron chi connectivity index (χ0n) is 20.6. The van der Waals surface area contributed by atoms with Crippen molar-refractivity contribution in [3.05, 3.63) is 94.0 Å². The van der Waals surface area contributed by atoms with Gasteiger partial charge in [0.2, 0.25) is 0 Å². The summed E-state index contributed by atoms with van der Waals surface area (Å²) in [4.78, 5) is 23.7. The molecule has 1 aliphatic rings. The van der Waals surface area contributed by atoms with Crippen LogP contribution in [0.2, 0.25) is 5.02 Å². The number of nitrogens with two attached hydrogens (primary N) is 1. The van der Waals surface area contributed by atoms with Crippen LogP contribution < -0.4 is 15.2 Å². The Balaban J connectivity index is 1.66. The predicted molar refractivity (Wildman–Crippen MR) is 138 cm³/mol. The molecule has 5 rings (SSSR count). The first kappa shape index (κ1) is 25.4. The van der Waals surface area contributed by atoms with Crippen LogP contribution in [-0.4, -0.2) is 45.6 Å². The fourth-order valence-corrected chi connectivity index (χ4v) is 5.01. The van der Waals surface area contributed by atoms with E-state index in [1.54, 1.807) is 53.8 Å². The highest BCUT2D eigenvalue weighted by Crippen LogP contribution is 2.47. The van der Waals surface area contributed by atoms with Gasteiger partial charge in [0.1, 0.15) is 17.9 Å². The third-order valence-electron chi connectivity index (χ3n) is 6.52. The molecule has 11 heteroatoms. The summed E-state index contributed by atoms with van der Waals surface area (Å²) >= 11 is 6.45. The number of amides is 1. The number of primary amides is 1. The number of carbonyl (C=O) groups excluding carboxylic acids is 1. The Morgan fingerprint density at radius 2 is 1.95 bits per heavy atom. The lowest BCUT2D eigenvalue weighted by molar-refractivity contribution is -0.00170. The summed E-state index contributed by atoms with van der Waals surface area (Å²) in [5.41, 5.74) is 8.95. The van der Waals surface area contributed by atoms with E-state index in [0.29, 0.717) is 57.7 Å². The van der Waals surface area contributed by atoms with Crippen molar-refractivity contribution in [2.45, 2.75) is 25.2 Å². The number of nitrogens with zero attached hydrogens (tertiary/aromatic N) is 3. The van der Waals surface area contributed by atoms with Gasteiger partial charge < -0.3 is 29.6 Å². The molecule has 2 aromatic carbocycles. The molecule has 1 amide bonds. The van der Waals surface area contributed by atoms with E-state index >= 15 is 0 Å². The second kappa shape index (κ2) is 10.2. The van der Waals surface area contributed by atoms with Gasteiger partial charge in [0.05, 0.1) is 37.4 Å². The van der Waals surface area contributed by atoms with Gasteiger partial charge in [0.15, 0.2) is 11.5 Å². The van der Waals surface area contributed by atoms with Crippen molar-refractivity contribution in [1.82, 2.24) is 14.3 Å². The monoisotopic (exact) mass is 536 g/mol. The van der Waals surface area contributed by atoms with Crippen LogP contribution in [0.1, 0.15) is 56.3 Å². The molecule has 0 radical (unpaired) electrons. The first-order valence-corrected chi connectivity index (χ1v) is 12.1. The summed E-state index contributed by atoms with van der Waals surface area (Å²) in [6.45, 7) is 0.355. The van der Waals surface area contributed by atoms with Gasteiger partial charge in [-0.15, -0.1) is 0 Å². The number of aryl methyl sites for hydroxylation is 1. The second-order valence-corrected chi connectivity index (χ2v) is 9.16. The normalized spacial score (nSPS) is 16.3. The quantitative estimate of drug-likeness (QED) is 0.341. The molecule has 0 spiro atoms. The number of fused-ring (bicyclic) bond motifs is 3. The lowest BCUT2D eigenvalue weighted by Gasteiger charge is -2.25. The van der Waals surface area contributed by atoms with Crippen LogP contribution in [0.15, 0.2) is 60.9 Å². The molecular weight excluding hydrogens is 512 g/mol. The summed E-state index contributed by atoms with van der Waals surface area (Å²) in [5, 5.41) is 13.9. The number of carbonyl (C=O) groups is 2. The van der Waals surface area contributed by atoms with Gasteiger partial charge in [-0.05, 0) is 42.8 Å². The van der Waals surface area contributed by atoms with Crippen molar-refractivity contribution in [3.63, 3.8) is 0 Å². The maximum Gasteiger partial charge on any atom is 0.338 e. The number of methoxy groups -OCH3 is 2. The van der Waals surface area contributed by atoms with E-state index in [-0.39, 0.29) is 5.56 Å². The Kier molecular flexibility index (Phi) is 6.83. The minimum atomic E-state index is -1.06. The molecule has 0 aliphatic carbocycles. The Bertz CT molecular complexity index is 1530. The van der Waals surface area contributed by atoms with E-state index in [2.05, 4.69) is 5.10 Å². The number of ether oxygens (including phenoxy) is 3. The molecule has 0 bridgehead atoms. The van der Waals surface area contributed by atoms with E-state index in [0.717, 1.165) is 0 Å². The standard InChI is InChI=1S/C27H25ClN4O6/c1-36-23-5-3-4-17(25(23)37-2)24-18-12-16(28)6-7-19(18)32-20(8-9-21(32)26(29)33)22(38-24)10-11-31-14-15(13-30-31)27(34)35/h3-9,12-14,22,24H,10-11H2,1-2H3,(H2,29,33)(H,34,35)/t22-,24-/m1/s1. The van der Waals surface area contributed by atoms with E-state index in [4.69, 9.17) is 31.5 Å². The molecule has 0 unspecified atom stereocenters. The van der Waals surface area contributed by atoms with E-state index in [1.807, 2.05) is 18.2 Å². The average molecular weight is 537 g/mol. The summed E-state index contributed by atoms with van der Waals surface area (Å²) in [5.74, 6) is -0.608. The fraction of sp³-hybridized carbons (Fsp3) is 0.222. The smallest absolute Gasteiger partial charge is 0.338 e. The molecule has 38 heavy (non-hydrogen) atoms. The number of para-hydroxylation sites is 1. The van der Waals surface area contributed by atoms with Gasteiger partial charge in [-0.1, -0.05) is 23.7 Å². The van der Waals surface area contributed by atoms with Crippen molar-refractivity contribution >= 4 is 23.5 Å². The predicted octanol–water partition coefficient (Wildman–Crippen LogP) is 4.39. The lowest BCUT2D eigenvalue weighted by Crippen LogP contribution is -2.18. The number of rotatable bonds is 8. The molecule has 2 atom stereocenters. The summed E-state index contributed by atoms with van der Waals surface area (Å²) in [7, 11) is 3.12. The number of carboxylic acids is 1. The van der Waals surface area contributed by atoms with Crippen molar-refractivity contribution in [2.24, 2.45) is 5.73 Å². The van der Waals surface area contributed by atoms with Crippen molar-refractivity contribution in [3.8, 4) is 17.2 Å². The fourth-order valence-electron chi connectivity index (χ4n) is 4.83. The first-order chi connectivity index (χ1) is 18.3. The van der Waals surface area contributed by atoms with Crippen LogP contribution in [0.5, 0.6) is 11.5 Å². The topological polar surface area (TPSA) is 131 Å². The number of benzene rings is 2. The number of carboxylic acid groups (broad SMARTS) is 1. The largest absolute Gasteiger partial charge is 0.493 e. The van der Waals surface area contributed by atoms with Gasteiger partial charge >= 0.3 is 5.97 Å². The number of hydrogen-bond donors (Lipinski definition) is 2. The Morgan fingerprint density at radius 3 is 2.63 bits per heavy atom. The molecule has 1 aliphatic heterocycles. The van der Waals surface area contributed by atoms with Gasteiger partial charge in [0.25, 0.3) is 5.91 Å². The highest BCUT2D eigenvalue weighted by atomic mass is 35.5. The molecule has 3 heterocycles. The summed E-state index contributed by atoms with van der Waals surface area (Å²) in [6, 6.07) is 14.4. The number of halogens is 1. The zero-order chi connectivity index (χ0) is 27.0. The third kappa shape index (κ3) is 4.48. The molecule has 3 N–H and O–H groups in total. The molecule has 0 saturated heterocycles. The molecule has 196 valence electrons. The van der Waals surface area contributed by atoms with Crippen LogP contribution in [0.4, 0.5) is 0 Å². The Morgan fingerprint density at radius 1 is 1.13 bits per heavy atom. The maximum atomic E-state index is 12.4. The Hall–Kier alpha value is -4.28. The van der Waals surface area contributed by atoms with Crippen molar-refractivity contribution in [2.75, 3.05) is 14.2 Å². The Labute approximate surface area is 223 Å². The van der Waals surface area contributed by atoms with E-state index < -0.39 is 24.1 Å². The van der Waals surface area contributed by atoms with Crippen LogP contribution in [-0.2, 0) is 11.3 Å². The van der Waals surface area contributed by atoms with E-state index in [9.17, 15) is 14.7 Å². The van der Waals surface area contributed by atoms with Crippen molar-refractivity contribution < 1.29 is 28.9 Å². The van der Waals surface area contributed by atoms with Crippen LogP contribution in [0.25, 0.3) is 5.69 Å². The highest BCUT2D eigenvalue weighted by Gasteiger charge is 2.34. The zero-order valence-corrected chi connectivity index (χ0v) is 21.4. The molecule has 2 aromatic heterocycles. The summed E-state index contributed by atoms with van der Waals surface area (Å²) < 4.78 is 21.4.